The van der Waals surface area contributed by atoms with Crippen LogP contribution in [0.1, 0.15) is 51.8 Å². The Hall–Kier alpha value is -1.84. The number of ether oxygens (including phenoxy) is 1. The molecule has 0 radical (unpaired) electrons. The second-order valence-electron chi connectivity index (χ2n) is 6.47. The van der Waals surface area contributed by atoms with Gasteiger partial charge in [0.15, 0.2) is 0 Å². The first kappa shape index (κ1) is 17.2. The second kappa shape index (κ2) is 6.74. The molecule has 1 atom stereocenters. The first-order valence-corrected chi connectivity index (χ1v) is 7.19. The second-order valence-corrected chi connectivity index (χ2v) is 6.47. The van der Waals surface area contributed by atoms with Crippen LogP contribution in [0.4, 0.5) is 4.79 Å². The van der Waals surface area contributed by atoms with E-state index >= 15 is 0 Å². The summed E-state index contributed by atoms with van der Waals surface area (Å²) in [6.45, 7) is 11.2. The van der Waals surface area contributed by atoms with Crippen LogP contribution in [0.15, 0.2) is 24.3 Å². The first-order valence-electron chi connectivity index (χ1n) is 7.19. The lowest BCUT2D eigenvalue weighted by molar-refractivity contribution is -0.113. The zero-order chi connectivity index (χ0) is 16.2. The number of rotatable bonds is 4. The Morgan fingerprint density at radius 3 is 2.10 bits per heavy atom. The molecule has 0 aliphatic heterocycles. The minimum absolute atomic E-state index is 0.142. The number of aldehydes is 1. The maximum atomic E-state index is 12.4. The highest BCUT2D eigenvalue weighted by molar-refractivity contribution is 5.75. The Morgan fingerprint density at radius 1 is 1.19 bits per heavy atom. The van der Waals surface area contributed by atoms with Gasteiger partial charge in [0.1, 0.15) is 17.9 Å². The number of nitrogens with zero attached hydrogens (tertiary/aromatic N) is 1. The fourth-order valence-corrected chi connectivity index (χ4v) is 2.03. The lowest BCUT2D eigenvalue weighted by Crippen LogP contribution is -2.43. The number of amides is 1. The molecule has 1 unspecified atom stereocenters. The van der Waals surface area contributed by atoms with Crippen molar-refractivity contribution >= 4 is 12.4 Å². The molecule has 0 heterocycles. The third-order valence-electron chi connectivity index (χ3n) is 3.01. The summed E-state index contributed by atoms with van der Waals surface area (Å²) in [5.41, 5.74) is 1.30. The maximum absolute atomic E-state index is 12.4. The third-order valence-corrected chi connectivity index (χ3v) is 3.01. The van der Waals surface area contributed by atoms with E-state index in [1.807, 2.05) is 65.8 Å². The van der Waals surface area contributed by atoms with Crippen LogP contribution in [0, 0.1) is 6.92 Å². The molecule has 0 saturated carbocycles. The van der Waals surface area contributed by atoms with Crippen molar-refractivity contribution in [2.24, 2.45) is 0 Å². The molecule has 0 bridgehead atoms. The van der Waals surface area contributed by atoms with Gasteiger partial charge in [-0.3, -0.25) is 4.90 Å². The third kappa shape index (κ3) is 4.88. The monoisotopic (exact) mass is 291 g/mol. The smallest absolute Gasteiger partial charge is 0.411 e. The van der Waals surface area contributed by atoms with E-state index in [9.17, 15) is 9.59 Å². The van der Waals surface area contributed by atoms with Crippen molar-refractivity contribution in [1.29, 1.82) is 0 Å². The fourth-order valence-electron chi connectivity index (χ4n) is 2.03. The van der Waals surface area contributed by atoms with Gasteiger partial charge >= 0.3 is 6.09 Å². The lowest BCUT2D eigenvalue weighted by Gasteiger charge is -2.34. The molecular weight excluding hydrogens is 266 g/mol. The van der Waals surface area contributed by atoms with Crippen LogP contribution < -0.4 is 0 Å². The molecule has 116 valence electrons. The topological polar surface area (TPSA) is 46.6 Å². The molecule has 21 heavy (non-hydrogen) atoms. The van der Waals surface area contributed by atoms with E-state index in [2.05, 4.69) is 0 Å². The van der Waals surface area contributed by atoms with E-state index in [1.54, 1.807) is 0 Å². The average Bonchev–Trinajstić information content (AvgIpc) is 2.34. The quantitative estimate of drug-likeness (QED) is 0.791. The van der Waals surface area contributed by atoms with Crippen LogP contribution >= 0.6 is 0 Å². The van der Waals surface area contributed by atoms with E-state index in [0.29, 0.717) is 0 Å². The summed E-state index contributed by atoms with van der Waals surface area (Å²) in [5.74, 6) is 0. The molecule has 0 fully saturated rings. The molecule has 1 amide bonds. The number of aryl methyl sites for hydroxylation is 1. The number of hydrogen-bond acceptors (Lipinski definition) is 3. The molecule has 0 aliphatic rings. The molecule has 4 heteroatoms. The van der Waals surface area contributed by atoms with Crippen molar-refractivity contribution < 1.29 is 14.3 Å². The van der Waals surface area contributed by atoms with Crippen LogP contribution in [0.3, 0.4) is 0 Å². The highest BCUT2D eigenvalue weighted by atomic mass is 16.6. The highest BCUT2D eigenvalue weighted by Crippen LogP contribution is 2.24. The van der Waals surface area contributed by atoms with Crippen LogP contribution in [0.25, 0.3) is 0 Å². The molecule has 0 aliphatic carbocycles. The fraction of sp³-hybridized carbons (Fsp3) is 0.529. The Balaban J connectivity index is 3.09. The van der Waals surface area contributed by atoms with Crippen molar-refractivity contribution in [2.45, 2.75) is 59.2 Å². The van der Waals surface area contributed by atoms with Crippen LogP contribution in [0.2, 0.25) is 0 Å². The van der Waals surface area contributed by atoms with Gasteiger partial charge in [0, 0.05) is 6.04 Å². The number of carbonyl (C=O) groups excluding carboxylic acids is 2. The maximum Gasteiger partial charge on any atom is 0.411 e. The largest absolute Gasteiger partial charge is 0.444 e. The number of carbonyl (C=O) groups is 2. The van der Waals surface area contributed by atoms with Gasteiger partial charge in [-0.05, 0) is 47.1 Å². The lowest BCUT2D eigenvalue weighted by atomic mass is 10.0. The minimum Gasteiger partial charge on any atom is -0.444 e. The van der Waals surface area contributed by atoms with Gasteiger partial charge in [-0.15, -0.1) is 0 Å². The van der Waals surface area contributed by atoms with Crippen molar-refractivity contribution in [2.75, 3.05) is 0 Å². The summed E-state index contributed by atoms with van der Waals surface area (Å²) >= 11 is 0. The predicted molar refractivity (Wildman–Crippen MR) is 83.2 cm³/mol. The van der Waals surface area contributed by atoms with Gasteiger partial charge in [0.05, 0.1) is 0 Å². The molecular formula is C17H25NO3. The summed E-state index contributed by atoms with van der Waals surface area (Å²) in [5, 5.41) is 0. The van der Waals surface area contributed by atoms with E-state index < -0.39 is 17.7 Å². The molecule has 0 aromatic heterocycles. The summed E-state index contributed by atoms with van der Waals surface area (Å²) < 4.78 is 5.42. The standard InChI is InChI=1S/C17H25NO3/c1-12(2)18(16(20)21-17(4,5)6)15(11-19)14-9-7-13(3)8-10-14/h7-12,15H,1-6H3. The van der Waals surface area contributed by atoms with Gasteiger partial charge in [-0.1, -0.05) is 29.8 Å². The van der Waals surface area contributed by atoms with E-state index in [-0.39, 0.29) is 6.04 Å². The zero-order valence-corrected chi connectivity index (χ0v) is 13.7. The Morgan fingerprint density at radius 2 is 1.71 bits per heavy atom. The summed E-state index contributed by atoms with van der Waals surface area (Å²) in [6.07, 6.45) is 0.310. The van der Waals surface area contributed by atoms with Gasteiger partial charge in [-0.25, -0.2) is 4.79 Å². The Bertz CT molecular complexity index is 486. The molecule has 0 saturated heterocycles. The van der Waals surface area contributed by atoms with Crippen molar-refractivity contribution in [1.82, 2.24) is 4.90 Å². The highest BCUT2D eigenvalue weighted by Gasteiger charge is 2.31. The van der Waals surface area contributed by atoms with Gasteiger partial charge < -0.3 is 9.53 Å². The van der Waals surface area contributed by atoms with Gasteiger partial charge in [0.2, 0.25) is 0 Å². The summed E-state index contributed by atoms with van der Waals surface area (Å²) in [7, 11) is 0. The van der Waals surface area contributed by atoms with E-state index in [1.165, 1.54) is 4.90 Å². The molecule has 1 rings (SSSR count). The SMILES string of the molecule is Cc1ccc(C(C=O)N(C(=O)OC(C)(C)C)C(C)C)cc1. The first-order chi connectivity index (χ1) is 9.65. The van der Waals surface area contributed by atoms with E-state index in [0.717, 1.165) is 17.4 Å². The Labute approximate surface area is 127 Å². The van der Waals surface area contributed by atoms with Gasteiger partial charge in [0.25, 0.3) is 0 Å². The minimum atomic E-state index is -0.638. The predicted octanol–water partition coefficient (Wildman–Crippen LogP) is 3.88. The van der Waals surface area contributed by atoms with Crippen molar-refractivity contribution in [3.05, 3.63) is 35.4 Å². The normalized spacial score (nSPS) is 12.9. The van der Waals surface area contributed by atoms with Crippen molar-refractivity contribution in [3.8, 4) is 0 Å². The van der Waals surface area contributed by atoms with Crippen molar-refractivity contribution in [3.63, 3.8) is 0 Å². The molecule has 0 spiro atoms. The number of benzene rings is 1. The molecule has 0 N–H and O–H groups in total. The van der Waals surface area contributed by atoms with Crippen LogP contribution in [-0.2, 0) is 9.53 Å². The van der Waals surface area contributed by atoms with Crippen LogP contribution in [0.5, 0.6) is 0 Å². The van der Waals surface area contributed by atoms with Crippen LogP contribution in [-0.4, -0.2) is 28.9 Å². The average molecular weight is 291 g/mol. The van der Waals surface area contributed by atoms with E-state index in [4.69, 9.17) is 4.74 Å². The summed E-state index contributed by atoms with van der Waals surface area (Å²) in [4.78, 5) is 25.4. The number of hydrogen-bond donors (Lipinski definition) is 0. The molecule has 1 aromatic carbocycles. The van der Waals surface area contributed by atoms with Gasteiger partial charge in [-0.2, -0.15) is 0 Å². The zero-order valence-electron chi connectivity index (χ0n) is 13.7. The summed E-state index contributed by atoms with van der Waals surface area (Å²) in [6, 6.07) is 6.82. The molecule has 1 aromatic rings. The Kier molecular flexibility index (Phi) is 5.53. The molecule has 4 nitrogen and oxygen atoms in total.